The number of hydrogen-bond donors (Lipinski definition) is 2. The fourth-order valence-corrected chi connectivity index (χ4v) is 7.17. The molecule has 0 spiro atoms. The molecule has 1 heterocycles. The quantitative estimate of drug-likeness (QED) is 0.620. The van der Waals surface area contributed by atoms with Gasteiger partial charge in [0.2, 0.25) is 5.91 Å². The molecule has 4 bridgehead atoms. The zero-order valence-corrected chi connectivity index (χ0v) is 19.6. The maximum atomic E-state index is 13.7. The van der Waals surface area contributed by atoms with Crippen molar-refractivity contribution in [2.24, 2.45) is 23.2 Å². The van der Waals surface area contributed by atoms with Gasteiger partial charge in [-0.15, -0.1) is 0 Å². The van der Waals surface area contributed by atoms with E-state index in [0.29, 0.717) is 28.9 Å². The molecule has 1 saturated heterocycles. The fourth-order valence-electron chi connectivity index (χ4n) is 7.17. The van der Waals surface area contributed by atoms with Gasteiger partial charge >= 0.3 is 5.97 Å². The summed E-state index contributed by atoms with van der Waals surface area (Å²) in [5, 5.41) is 12.9. The number of rotatable bonds is 6. The average molecular weight is 473 g/mol. The van der Waals surface area contributed by atoms with E-state index in [1.54, 1.807) is 19.1 Å². The molecule has 2 atom stereocenters. The Balaban J connectivity index is 1.17. The van der Waals surface area contributed by atoms with Crippen LogP contribution in [-0.4, -0.2) is 53.1 Å². The Kier molecular flexibility index (Phi) is 6.12. The monoisotopic (exact) mass is 472 g/mol. The Labute approximate surface area is 199 Å². The lowest BCUT2D eigenvalue weighted by molar-refractivity contribution is -0.166. The van der Waals surface area contributed by atoms with Gasteiger partial charge in [0.25, 0.3) is 5.91 Å². The zero-order chi connectivity index (χ0) is 24.0. The number of nitrogens with one attached hydrogen (secondary N) is 1. The lowest BCUT2D eigenvalue weighted by atomic mass is 9.49. The van der Waals surface area contributed by atoms with Crippen LogP contribution in [0.1, 0.15) is 56.1 Å². The molecule has 5 aliphatic rings. The number of esters is 1. The van der Waals surface area contributed by atoms with Crippen LogP contribution in [0.4, 0.5) is 4.39 Å². The number of carbonyl (C=O) groups excluding carboxylic acids is 3. The Hall–Kier alpha value is -2.48. The Morgan fingerprint density at radius 2 is 1.76 bits per heavy atom. The van der Waals surface area contributed by atoms with E-state index in [4.69, 9.17) is 4.74 Å². The number of β-amino-alcohol motifs (C(OH)–C–C–N with tert-alkyl or cyclic N) is 1. The number of hydrogen-bond acceptors (Lipinski definition) is 5. The van der Waals surface area contributed by atoms with Crippen molar-refractivity contribution >= 4 is 17.8 Å². The minimum absolute atomic E-state index is 0.0176. The molecule has 1 aliphatic heterocycles. The SMILES string of the molecule is Cc1ccc(CNC(=O)COC(=O)[C@@H]2CC(O)CN2C(=O)C23CC4CC(CC(C4)C2)C3)cc1F. The maximum Gasteiger partial charge on any atom is 0.329 e. The van der Waals surface area contributed by atoms with Crippen molar-refractivity contribution in [2.45, 2.75) is 70.6 Å². The van der Waals surface area contributed by atoms with Gasteiger partial charge in [0.15, 0.2) is 6.61 Å². The normalized spacial score (nSPS) is 33.7. The second-order valence-corrected chi connectivity index (χ2v) is 11.0. The van der Waals surface area contributed by atoms with Crippen molar-refractivity contribution < 1.29 is 28.6 Å². The van der Waals surface area contributed by atoms with Gasteiger partial charge in [-0.1, -0.05) is 12.1 Å². The molecule has 1 aromatic rings. The van der Waals surface area contributed by atoms with Gasteiger partial charge in [0.05, 0.1) is 11.5 Å². The predicted molar refractivity (Wildman–Crippen MR) is 121 cm³/mol. The van der Waals surface area contributed by atoms with Crippen molar-refractivity contribution in [1.82, 2.24) is 10.2 Å². The maximum absolute atomic E-state index is 13.7. The lowest BCUT2D eigenvalue weighted by Crippen LogP contribution is -2.56. The summed E-state index contributed by atoms with van der Waals surface area (Å²) in [4.78, 5) is 40.2. The summed E-state index contributed by atoms with van der Waals surface area (Å²) in [6, 6.07) is 3.85. The molecule has 2 N–H and O–H groups in total. The fraction of sp³-hybridized carbons (Fsp3) is 0.654. The predicted octanol–water partition coefficient (Wildman–Crippen LogP) is 2.47. The van der Waals surface area contributed by atoms with Crippen LogP contribution in [-0.2, 0) is 25.7 Å². The van der Waals surface area contributed by atoms with Gasteiger partial charge in [0, 0.05) is 19.5 Å². The standard InChI is InChI=1S/C26H33FN2O5/c1-15-2-3-16(7-21(15)27)12-28-23(31)14-34-24(32)22-8-20(30)13-29(22)25(33)26-9-17-4-18(10-26)6-19(5-17)11-26/h2-3,7,17-20,22,30H,4-6,8-14H2,1H3,(H,28,31)/t17?,18?,19?,20?,22-,26?/m0/s1. The minimum Gasteiger partial charge on any atom is -0.454 e. The molecule has 5 fully saturated rings. The summed E-state index contributed by atoms with van der Waals surface area (Å²) < 4.78 is 18.9. The third kappa shape index (κ3) is 4.44. The van der Waals surface area contributed by atoms with Crippen LogP contribution >= 0.6 is 0 Å². The molecule has 1 unspecified atom stereocenters. The Morgan fingerprint density at radius 3 is 2.38 bits per heavy atom. The number of carbonyl (C=O) groups is 3. The first kappa shape index (κ1) is 23.3. The molecule has 0 radical (unpaired) electrons. The first-order valence-corrected chi connectivity index (χ1v) is 12.4. The van der Waals surface area contributed by atoms with E-state index in [1.165, 1.54) is 30.2 Å². The number of likely N-dealkylation sites (tertiary alicyclic amines) is 1. The smallest absolute Gasteiger partial charge is 0.329 e. The van der Waals surface area contributed by atoms with Crippen LogP contribution in [0.25, 0.3) is 0 Å². The summed E-state index contributed by atoms with van der Waals surface area (Å²) >= 11 is 0. The second kappa shape index (κ2) is 8.95. The summed E-state index contributed by atoms with van der Waals surface area (Å²) in [6.07, 6.45) is 5.64. The van der Waals surface area contributed by atoms with E-state index in [-0.39, 0.29) is 31.2 Å². The topological polar surface area (TPSA) is 95.9 Å². The highest BCUT2D eigenvalue weighted by molar-refractivity contribution is 5.90. The van der Waals surface area contributed by atoms with Crippen LogP contribution in [0.5, 0.6) is 0 Å². The molecule has 4 aliphatic carbocycles. The van der Waals surface area contributed by atoms with Gasteiger partial charge in [-0.05, 0) is 80.4 Å². The zero-order valence-electron chi connectivity index (χ0n) is 19.6. The van der Waals surface area contributed by atoms with Crippen molar-refractivity contribution in [2.75, 3.05) is 13.2 Å². The van der Waals surface area contributed by atoms with Crippen LogP contribution in [0.2, 0.25) is 0 Å². The third-order valence-corrected chi connectivity index (χ3v) is 8.38. The van der Waals surface area contributed by atoms with Crippen molar-refractivity contribution in [3.05, 3.63) is 35.1 Å². The number of aliphatic hydroxyl groups is 1. The molecular weight excluding hydrogens is 439 g/mol. The van der Waals surface area contributed by atoms with Crippen molar-refractivity contribution in [1.29, 1.82) is 0 Å². The van der Waals surface area contributed by atoms with Crippen molar-refractivity contribution in [3.8, 4) is 0 Å². The van der Waals surface area contributed by atoms with Crippen LogP contribution in [0, 0.1) is 35.9 Å². The molecule has 2 amide bonds. The van der Waals surface area contributed by atoms with E-state index in [9.17, 15) is 23.9 Å². The van der Waals surface area contributed by atoms with E-state index in [2.05, 4.69) is 5.32 Å². The Morgan fingerprint density at radius 1 is 1.12 bits per heavy atom. The summed E-state index contributed by atoms with van der Waals surface area (Å²) in [6.45, 7) is 1.42. The van der Waals surface area contributed by atoms with Gasteiger partial charge in [-0.2, -0.15) is 0 Å². The summed E-state index contributed by atoms with van der Waals surface area (Å²) in [5.41, 5.74) is 0.724. The highest BCUT2D eigenvalue weighted by atomic mass is 19.1. The molecule has 0 aromatic heterocycles. The molecule has 7 nitrogen and oxygen atoms in total. The highest BCUT2D eigenvalue weighted by Gasteiger charge is 2.57. The van der Waals surface area contributed by atoms with Crippen LogP contribution in [0.3, 0.4) is 0 Å². The molecule has 184 valence electrons. The number of aryl methyl sites for hydroxylation is 1. The molecule has 34 heavy (non-hydrogen) atoms. The Bertz CT molecular complexity index is 960. The lowest BCUT2D eigenvalue weighted by Gasteiger charge is -2.56. The van der Waals surface area contributed by atoms with Gasteiger partial charge < -0.3 is 20.1 Å². The number of amides is 2. The van der Waals surface area contributed by atoms with Crippen LogP contribution in [0.15, 0.2) is 18.2 Å². The number of ether oxygens (including phenoxy) is 1. The first-order valence-electron chi connectivity index (χ1n) is 12.4. The number of nitrogens with zero attached hydrogens (tertiary/aromatic N) is 1. The summed E-state index contributed by atoms with van der Waals surface area (Å²) in [5.74, 6) is 0.257. The van der Waals surface area contributed by atoms with E-state index < -0.39 is 36.0 Å². The molecule has 4 saturated carbocycles. The number of benzene rings is 1. The number of aliphatic hydroxyl groups excluding tert-OH is 1. The molecule has 6 rings (SSSR count). The van der Waals surface area contributed by atoms with Gasteiger partial charge in [0.1, 0.15) is 11.9 Å². The largest absolute Gasteiger partial charge is 0.454 e. The number of halogens is 1. The summed E-state index contributed by atoms with van der Waals surface area (Å²) in [7, 11) is 0. The molecule has 1 aromatic carbocycles. The van der Waals surface area contributed by atoms with Crippen molar-refractivity contribution in [3.63, 3.8) is 0 Å². The van der Waals surface area contributed by atoms with E-state index in [1.807, 2.05) is 0 Å². The highest BCUT2D eigenvalue weighted by Crippen LogP contribution is 2.60. The minimum atomic E-state index is -0.866. The molecule has 8 heteroatoms. The second-order valence-electron chi connectivity index (χ2n) is 11.0. The van der Waals surface area contributed by atoms with Crippen LogP contribution < -0.4 is 5.32 Å². The van der Waals surface area contributed by atoms with E-state index >= 15 is 0 Å². The average Bonchev–Trinajstić information content (AvgIpc) is 3.18. The third-order valence-electron chi connectivity index (χ3n) is 8.38. The van der Waals surface area contributed by atoms with Gasteiger partial charge in [-0.3, -0.25) is 9.59 Å². The molecular formula is C26H33FN2O5. The van der Waals surface area contributed by atoms with E-state index in [0.717, 1.165) is 19.3 Å². The van der Waals surface area contributed by atoms with Gasteiger partial charge in [-0.25, -0.2) is 9.18 Å². The first-order chi connectivity index (χ1) is 16.2.